The number of carbonyl (C=O) groups excluding carboxylic acids is 2. The van der Waals surface area contributed by atoms with E-state index in [1.807, 2.05) is 30.3 Å². The minimum Gasteiger partial charge on any atom is -0.375 e. The number of benzene rings is 1. The summed E-state index contributed by atoms with van der Waals surface area (Å²) in [5, 5.41) is 8.65. The topological polar surface area (TPSA) is 95.1 Å². The standard InChI is InChI=1S/C16H23N5O3.HI/c1-17-15(18-7-9-21-14(22)11-20-16(21)23)19-8-10-24-12-13-5-3-2-4-6-13;/h2-6H,7-12H2,1H3,(H,20,23)(H2,17,18,19);1H. The van der Waals surface area contributed by atoms with E-state index in [0.29, 0.717) is 38.8 Å². The van der Waals surface area contributed by atoms with Crippen LogP contribution in [0.2, 0.25) is 0 Å². The number of aliphatic imine (C=N–C) groups is 1. The Kier molecular flexibility index (Phi) is 9.85. The number of nitrogens with one attached hydrogen (secondary N) is 3. The van der Waals surface area contributed by atoms with Crippen LogP contribution >= 0.6 is 24.0 Å². The second-order valence-corrected chi connectivity index (χ2v) is 5.17. The van der Waals surface area contributed by atoms with Gasteiger partial charge >= 0.3 is 6.03 Å². The van der Waals surface area contributed by atoms with Crippen LogP contribution in [-0.4, -0.2) is 62.6 Å². The van der Waals surface area contributed by atoms with Crippen molar-refractivity contribution in [3.63, 3.8) is 0 Å². The first-order valence-corrected chi connectivity index (χ1v) is 7.85. The first-order valence-electron chi connectivity index (χ1n) is 7.85. The third-order valence-electron chi connectivity index (χ3n) is 3.44. The summed E-state index contributed by atoms with van der Waals surface area (Å²) in [4.78, 5) is 28.1. The second-order valence-electron chi connectivity index (χ2n) is 5.17. The molecule has 1 fully saturated rings. The molecule has 3 N–H and O–H groups in total. The number of nitrogens with zero attached hydrogens (tertiary/aromatic N) is 2. The molecule has 0 spiro atoms. The van der Waals surface area contributed by atoms with Crippen LogP contribution < -0.4 is 16.0 Å². The first kappa shape index (κ1) is 21.2. The molecule has 2 rings (SSSR count). The molecular weight excluding hydrogens is 437 g/mol. The molecule has 0 atom stereocenters. The summed E-state index contributed by atoms with van der Waals surface area (Å²) < 4.78 is 5.58. The number of rotatable bonds is 8. The number of guanidine groups is 1. The predicted octanol–water partition coefficient (Wildman–Crippen LogP) is 0.538. The van der Waals surface area contributed by atoms with Gasteiger partial charge in [0.05, 0.1) is 19.8 Å². The maximum absolute atomic E-state index is 11.4. The average molecular weight is 461 g/mol. The fourth-order valence-corrected chi connectivity index (χ4v) is 2.19. The van der Waals surface area contributed by atoms with E-state index in [0.717, 1.165) is 5.56 Å². The minimum absolute atomic E-state index is 0. The molecule has 3 amide bonds. The van der Waals surface area contributed by atoms with E-state index in [-0.39, 0.29) is 42.5 Å². The first-order chi connectivity index (χ1) is 11.7. The normalized spacial score (nSPS) is 14.1. The van der Waals surface area contributed by atoms with Crippen molar-refractivity contribution in [3.8, 4) is 0 Å². The van der Waals surface area contributed by atoms with Gasteiger partial charge in [-0.25, -0.2) is 4.79 Å². The van der Waals surface area contributed by atoms with Gasteiger partial charge in [-0.05, 0) is 5.56 Å². The molecule has 0 unspecified atom stereocenters. The van der Waals surface area contributed by atoms with Crippen molar-refractivity contribution in [3.05, 3.63) is 35.9 Å². The molecule has 1 aromatic rings. The number of carbonyl (C=O) groups is 2. The van der Waals surface area contributed by atoms with Gasteiger partial charge in [0, 0.05) is 26.7 Å². The Morgan fingerprint density at radius 2 is 1.96 bits per heavy atom. The highest BCUT2D eigenvalue weighted by Crippen LogP contribution is 1.99. The van der Waals surface area contributed by atoms with Gasteiger partial charge in [0.2, 0.25) is 5.91 Å². The molecule has 1 aliphatic heterocycles. The smallest absolute Gasteiger partial charge is 0.324 e. The lowest BCUT2D eigenvalue weighted by molar-refractivity contribution is -0.124. The molecule has 0 radical (unpaired) electrons. The van der Waals surface area contributed by atoms with Gasteiger partial charge in [-0.3, -0.25) is 14.7 Å². The Balaban J connectivity index is 0.00000312. The molecule has 9 heteroatoms. The Morgan fingerprint density at radius 3 is 2.60 bits per heavy atom. The van der Waals surface area contributed by atoms with Crippen molar-refractivity contribution in [2.45, 2.75) is 6.61 Å². The van der Waals surface area contributed by atoms with Gasteiger partial charge in [-0.1, -0.05) is 30.3 Å². The molecular formula is C16H24IN5O3. The summed E-state index contributed by atoms with van der Waals surface area (Å²) in [5.41, 5.74) is 1.13. The third-order valence-corrected chi connectivity index (χ3v) is 3.44. The highest BCUT2D eigenvalue weighted by molar-refractivity contribution is 14.0. The number of amides is 3. The maximum atomic E-state index is 11.4. The van der Waals surface area contributed by atoms with Crippen molar-refractivity contribution in [2.24, 2.45) is 4.99 Å². The van der Waals surface area contributed by atoms with Gasteiger partial charge in [-0.2, -0.15) is 0 Å². The highest BCUT2D eigenvalue weighted by Gasteiger charge is 2.27. The molecule has 138 valence electrons. The maximum Gasteiger partial charge on any atom is 0.324 e. The quantitative estimate of drug-likeness (QED) is 0.173. The minimum atomic E-state index is -0.348. The van der Waals surface area contributed by atoms with Crippen LogP contribution in [0.3, 0.4) is 0 Å². The second kappa shape index (κ2) is 11.6. The molecule has 1 heterocycles. The van der Waals surface area contributed by atoms with Crippen molar-refractivity contribution in [2.75, 3.05) is 39.8 Å². The molecule has 1 saturated heterocycles. The average Bonchev–Trinajstić information content (AvgIpc) is 2.92. The van der Waals surface area contributed by atoms with E-state index in [9.17, 15) is 9.59 Å². The number of halogens is 1. The lowest BCUT2D eigenvalue weighted by Crippen LogP contribution is -2.44. The van der Waals surface area contributed by atoms with Crippen molar-refractivity contribution >= 4 is 41.9 Å². The molecule has 25 heavy (non-hydrogen) atoms. The van der Waals surface area contributed by atoms with Crippen molar-refractivity contribution in [1.29, 1.82) is 0 Å². The Morgan fingerprint density at radius 1 is 1.24 bits per heavy atom. The van der Waals surface area contributed by atoms with Gasteiger partial charge < -0.3 is 20.7 Å². The van der Waals surface area contributed by atoms with E-state index < -0.39 is 0 Å². The zero-order valence-electron chi connectivity index (χ0n) is 14.2. The lowest BCUT2D eigenvalue weighted by Gasteiger charge is -2.15. The Bertz CT molecular complexity index is 566. The number of hydrogen-bond acceptors (Lipinski definition) is 4. The Hall–Kier alpha value is -1.88. The van der Waals surface area contributed by atoms with E-state index in [1.54, 1.807) is 7.05 Å². The van der Waals surface area contributed by atoms with Crippen molar-refractivity contribution < 1.29 is 14.3 Å². The largest absolute Gasteiger partial charge is 0.375 e. The monoisotopic (exact) mass is 461 g/mol. The van der Waals surface area contributed by atoms with Crippen LogP contribution in [0.1, 0.15) is 5.56 Å². The molecule has 1 aromatic carbocycles. The summed E-state index contributed by atoms with van der Waals surface area (Å²) >= 11 is 0. The van der Waals surface area contributed by atoms with Gasteiger partial charge in [0.1, 0.15) is 0 Å². The summed E-state index contributed by atoms with van der Waals surface area (Å²) in [7, 11) is 1.66. The molecule has 0 bridgehead atoms. The van der Waals surface area contributed by atoms with E-state index in [2.05, 4.69) is 20.9 Å². The summed E-state index contributed by atoms with van der Waals surface area (Å²) in [5.74, 6) is 0.393. The van der Waals surface area contributed by atoms with E-state index >= 15 is 0 Å². The number of urea groups is 1. The number of imide groups is 1. The Labute approximate surface area is 164 Å². The van der Waals surface area contributed by atoms with Crippen molar-refractivity contribution in [1.82, 2.24) is 20.9 Å². The number of ether oxygens (including phenoxy) is 1. The van der Waals surface area contributed by atoms with Crippen LogP contribution in [0.15, 0.2) is 35.3 Å². The summed E-state index contributed by atoms with van der Waals surface area (Å²) in [6, 6.07) is 9.62. The molecule has 0 aromatic heterocycles. The number of hydrogen-bond donors (Lipinski definition) is 3. The summed E-state index contributed by atoms with van der Waals surface area (Å²) in [6.45, 7) is 2.53. The van der Waals surface area contributed by atoms with Gasteiger partial charge in [-0.15, -0.1) is 24.0 Å². The molecule has 1 aliphatic rings. The van der Waals surface area contributed by atoms with Gasteiger partial charge in [0.25, 0.3) is 0 Å². The molecule has 0 aliphatic carbocycles. The van der Waals surface area contributed by atoms with Crippen LogP contribution in [0.25, 0.3) is 0 Å². The third kappa shape index (κ3) is 7.26. The highest BCUT2D eigenvalue weighted by atomic mass is 127. The van der Waals surface area contributed by atoms with E-state index in [4.69, 9.17) is 4.74 Å². The summed E-state index contributed by atoms with van der Waals surface area (Å²) in [6.07, 6.45) is 0. The zero-order chi connectivity index (χ0) is 17.2. The van der Waals surface area contributed by atoms with Crippen LogP contribution in [0.4, 0.5) is 4.79 Å². The van der Waals surface area contributed by atoms with E-state index in [1.165, 1.54) is 4.90 Å². The lowest BCUT2D eigenvalue weighted by atomic mass is 10.2. The van der Waals surface area contributed by atoms with Crippen LogP contribution in [0.5, 0.6) is 0 Å². The van der Waals surface area contributed by atoms with Gasteiger partial charge in [0.15, 0.2) is 5.96 Å². The zero-order valence-corrected chi connectivity index (χ0v) is 16.5. The predicted molar refractivity (Wildman–Crippen MR) is 106 cm³/mol. The molecule has 0 saturated carbocycles. The van der Waals surface area contributed by atoms with Crippen LogP contribution in [0, 0.1) is 0 Å². The molecule has 8 nitrogen and oxygen atoms in total. The fraction of sp³-hybridized carbons (Fsp3) is 0.438. The fourth-order valence-electron chi connectivity index (χ4n) is 2.19. The van der Waals surface area contributed by atoms with Crippen LogP contribution in [-0.2, 0) is 16.1 Å². The SMILES string of the molecule is CN=C(NCCOCc1ccccc1)NCCN1C(=O)CNC1=O.I.